The summed E-state index contributed by atoms with van der Waals surface area (Å²) in [6.07, 6.45) is 5.63. The summed E-state index contributed by atoms with van der Waals surface area (Å²) >= 11 is 0. The second-order valence-corrected chi connectivity index (χ2v) is 5.11. The Morgan fingerprint density at radius 3 is 2.69 bits per heavy atom. The van der Waals surface area contributed by atoms with Crippen molar-refractivity contribution in [3.63, 3.8) is 0 Å². The first-order valence-electron chi connectivity index (χ1n) is 6.50. The van der Waals surface area contributed by atoms with Crippen LogP contribution in [0.15, 0.2) is 0 Å². The normalized spacial score (nSPS) is 25.8. The molecule has 94 valence electrons. The van der Waals surface area contributed by atoms with Gasteiger partial charge in [0, 0.05) is 12.5 Å². The molecule has 1 amide bonds. The SMILES string of the molecule is CC(C)OCCC(=O)N[C@H]1CCCC[C@@H]1C. The Balaban J connectivity index is 2.17. The Morgan fingerprint density at radius 1 is 1.38 bits per heavy atom. The van der Waals surface area contributed by atoms with Gasteiger partial charge in [0.1, 0.15) is 0 Å². The molecule has 0 aromatic heterocycles. The average molecular weight is 227 g/mol. The van der Waals surface area contributed by atoms with Gasteiger partial charge in [-0.2, -0.15) is 0 Å². The summed E-state index contributed by atoms with van der Waals surface area (Å²) in [5.41, 5.74) is 0. The van der Waals surface area contributed by atoms with Crippen LogP contribution in [0, 0.1) is 5.92 Å². The largest absolute Gasteiger partial charge is 0.378 e. The smallest absolute Gasteiger partial charge is 0.222 e. The van der Waals surface area contributed by atoms with Gasteiger partial charge < -0.3 is 10.1 Å². The third kappa shape index (κ3) is 4.97. The molecule has 0 aliphatic heterocycles. The molecule has 1 N–H and O–H groups in total. The maximum atomic E-state index is 11.6. The molecule has 0 radical (unpaired) electrons. The van der Waals surface area contributed by atoms with Crippen molar-refractivity contribution in [3.05, 3.63) is 0 Å². The number of ether oxygens (including phenoxy) is 1. The van der Waals surface area contributed by atoms with Crippen molar-refractivity contribution >= 4 is 5.91 Å². The third-order valence-corrected chi connectivity index (χ3v) is 3.24. The van der Waals surface area contributed by atoms with Gasteiger partial charge in [-0.1, -0.05) is 19.8 Å². The Kier molecular flexibility index (Phi) is 5.81. The predicted octanol–water partition coefficient (Wildman–Crippen LogP) is 2.50. The molecule has 0 spiro atoms. The molecule has 0 aromatic carbocycles. The lowest BCUT2D eigenvalue weighted by atomic mass is 9.86. The summed E-state index contributed by atoms with van der Waals surface area (Å²) < 4.78 is 5.37. The summed E-state index contributed by atoms with van der Waals surface area (Å²) in [4.78, 5) is 11.6. The summed E-state index contributed by atoms with van der Waals surface area (Å²) in [7, 11) is 0. The lowest BCUT2D eigenvalue weighted by Crippen LogP contribution is -2.41. The summed E-state index contributed by atoms with van der Waals surface area (Å²) in [6.45, 7) is 6.74. The molecule has 1 rings (SSSR count). The van der Waals surface area contributed by atoms with E-state index in [-0.39, 0.29) is 12.0 Å². The van der Waals surface area contributed by atoms with Crippen LogP contribution in [-0.4, -0.2) is 24.7 Å². The molecule has 0 aromatic rings. The highest BCUT2D eigenvalue weighted by atomic mass is 16.5. The van der Waals surface area contributed by atoms with E-state index in [1.165, 1.54) is 19.3 Å². The fourth-order valence-corrected chi connectivity index (χ4v) is 2.20. The highest BCUT2D eigenvalue weighted by Crippen LogP contribution is 2.23. The molecule has 1 fully saturated rings. The van der Waals surface area contributed by atoms with Gasteiger partial charge in [0.05, 0.1) is 12.7 Å². The Labute approximate surface area is 98.9 Å². The number of hydrogen-bond donors (Lipinski definition) is 1. The minimum Gasteiger partial charge on any atom is -0.378 e. The van der Waals surface area contributed by atoms with E-state index in [9.17, 15) is 4.79 Å². The van der Waals surface area contributed by atoms with Crippen LogP contribution in [-0.2, 0) is 9.53 Å². The van der Waals surface area contributed by atoms with Crippen LogP contribution in [0.1, 0.15) is 52.9 Å². The van der Waals surface area contributed by atoms with Gasteiger partial charge in [0.15, 0.2) is 0 Å². The standard InChI is InChI=1S/C13H25NO2/c1-10(2)16-9-8-13(15)14-12-7-5-4-6-11(12)3/h10-12H,4-9H2,1-3H3,(H,14,15)/t11-,12-/m0/s1. The van der Waals surface area contributed by atoms with Crippen LogP contribution in [0.25, 0.3) is 0 Å². The molecule has 0 unspecified atom stereocenters. The molecule has 3 nitrogen and oxygen atoms in total. The minimum absolute atomic E-state index is 0.138. The first-order chi connectivity index (χ1) is 7.59. The second kappa shape index (κ2) is 6.89. The highest BCUT2D eigenvalue weighted by Gasteiger charge is 2.22. The fourth-order valence-electron chi connectivity index (χ4n) is 2.20. The zero-order chi connectivity index (χ0) is 12.0. The minimum atomic E-state index is 0.138. The van der Waals surface area contributed by atoms with Crippen LogP contribution in [0.3, 0.4) is 0 Å². The van der Waals surface area contributed by atoms with Gasteiger partial charge in [0.25, 0.3) is 0 Å². The van der Waals surface area contributed by atoms with E-state index in [0.29, 0.717) is 25.0 Å². The number of nitrogens with one attached hydrogen (secondary N) is 1. The van der Waals surface area contributed by atoms with E-state index >= 15 is 0 Å². The van der Waals surface area contributed by atoms with Crippen molar-refractivity contribution in [2.45, 2.75) is 65.0 Å². The topological polar surface area (TPSA) is 38.3 Å². The van der Waals surface area contributed by atoms with Gasteiger partial charge in [0.2, 0.25) is 5.91 Å². The predicted molar refractivity (Wildman–Crippen MR) is 65.3 cm³/mol. The van der Waals surface area contributed by atoms with Crippen molar-refractivity contribution < 1.29 is 9.53 Å². The van der Waals surface area contributed by atoms with Crippen LogP contribution < -0.4 is 5.32 Å². The molecule has 16 heavy (non-hydrogen) atoms. The maximum absolute atomic E-state index is 11.6. The third-order valence-electron chi connectivity index (χ3n) is 3.24. The van der Waals surface area contributed by atoms with Crippen molar-refractivity contribution in [2.75, 3.05) is 6.61 Å². The lowest BCUT2D eigenvalue weighted by Gasteiger charge is -2.29. The number of amides is 1. The van der Waals surface area contributed by atoms with Crippen molar-refractivity contribution in [3.8, 4) is 0 Å². The zero-order valence-corrected chi connectivity index (χ0v) is 10.8. The molecule has 3 heteroatoms. The first kappa shape index (κ1) is 13.5. The zero-order valence-electron chi connectivity index (χ0n) is 10.8. The number of carbonyl (C=O) groups excluding carboxylic acids is 1. The van der Waals surface area contributed by atoms with Gasteiger partial charge in [-0.3, -0.25) is 4.79 Å². The van der Waals surface area contributed by atoms with E-state index in [2.05, 4.69) is 12.2 Å². The van der Waals surface area contributed by atoms with Gasteiger partial charge in [-0.05, 0) is 32.6 Å². The van der Waals surface area contributed by atoms with Crippen LogP contribution in [0.4, 0.5) is 0 Å². The van der Waals surface area contributed by atoms with Crippen LogP contribution in [0.2, 0.25) is 0 Å². The summed E-state index contributed by atoms with van der Waals surface area (Å²) in [5.74, 6) is 0.767. The molecular formula is C13H25NO2. The summed E-state index contributed by atoms with van der Waals surface area (Å²) in [6, 6.07) is 0.389. The Morgan fingerprint density at radius 2 is 2.06 bits per heavy atom. The molecule has 0 saturated heterocycles. The molecule has 1 aliphatic carbocycles. The molecule has 0 heterocycles. The first-order valence-corrected chi connectivity index (χ1v) is 6.50. The Bertz CT molecular complexity index is 216. The quantitative estimate of drug-likeness (QED) is 0.783. The van der Waals surface area contributed by atoms with Crippen LogP contribution in [0.5, 0.6) is 0 Å². The van der Waals surface area contributed by atoms with E-state index in [0.717, 1.165) is 6.42 Å². The molecular weight excluding hydrogens is 202 g/mol. The molecule has 2 atom stereocenters. The number of hydrogen-bond acceptors (Lipinski definition) is 2. The van der Waals surface area contributed by atoms with E-state index in [1.807, 2.05) is 13.8 Å². The second-order valence-electron chi connectivity index (χ2n) is 5.11. The number of rotatable bonds is 5. The molecule has 1 saturated carbocycles. The Hall–Kier alpha value is -0.570. The van der Waals surface area contributed by atoms with E-state index in [4.69, 9.17) is 4.74 Å². The summed E-state index contributed by atoms with van der Waals surface area (Å²) in [5, 5.41) is 3.12. The maximum Gasteiger partial charge on any atom is 0.222 e. The average Bonchev–Trinajstić information content (AvgIpc) is 2.21. The molecule has 0 bridgehead atoms. The number of carbonyl (C=O) groups is 1. The van der Waals surface area contributed by atoms with Crippen molar-refractivity contribution in [1.29, 1.82) is 0 Å². The van der Waals surface area contributed by atoms with Crippen molar-refractivity contribution in [1.82, 2.24) is 5.32 Å². The highest BCUT2D eigenvalue weighted by molar-refractivity contribution is 5.76. The monoisotopic (exact) mass is 227 g/mol. The van der Waals surface area contributed by atoms with Gasteiger partial charge >= 0.3 is 0 Å². The fraction of sp³-hybridized carbons (Fsp3) is 0.923. The van der Waals surface area contributed by atoms with Gasteiger partial charge in [-0.25, -0.2) is 0 Å². The van der Waals surface area contributed by atoms with Crippen molar-refractivity contribution in [2.24, 2.45) is 5.92 Å². The van der Waals surface area contributed by atoms with E-state index < -0.39 is 0 Å². The van der Waals surface area contributed by atoms with E-state index in [1.54, 1.807) is 0 Å². The lowest BCUT2D eigenvalue weighted by molar-refractivity contribution is -0.123. The van der Waals surface area contributed by atoms with Gasteiger partial charge in [-0.15, -0.1) is 0 Å². The van der Waals surface area contributed by atoms with Crippen LogP contribution >= 0.6 is 0 Å². The molecule has 1 aliphatic rings.